The maximum atomic E-state index is 5.24. The largest absolute Gasteiger partial charge is 0.468 e. The van der Waals surface area contributed by atoms with Crippen molar-refractivity contribution in [3.8, 4) is 0 Å². The number of aryl methyl sites for hydroxylation is 1. The Hall–Kier alpha value is -1.55. The minimum atomic E-state index is 0.742. The minimum Gasteiger partial charge on any atom is -0.468 e. The van der Waals surface area contributed by atoms with Gasteiger partial charge in [-0.2, -0.15) is 0 Å². The van der Waals surface area contributed by atoms with Crippen LogP contribution in [-0.4, -0.2) is 9.55 Å². The summed E-state index contributed by atoms with van der Waals surface area (Å²) in [6, 6.07) is 3.86. The van der Waals surface area contributed by atoms with Gasteiger partial charge in [0.1, 0.15) is 11.6 Å². The summed E-state index contributed by atoms with van der Waals surface area (Å²) in [5.41, 5.74) is 0. The highest BCUT2D eigenvalue weighted by atomic mass is 16.3. The highest BCUT2D eigenvalue weighted by molar-refractivity contribution is 4.98. The van der Waals surface area contributed by atoms with Crippen LogP contribution in [0.1, 0.15) is 24.9 Å². The van der Waals surface area contributed by atoms with Crippen LogP contribution in [0, 0.1) is 0 Å². The fourth-order valence-corrected chi connectivity index (χ4v) is 1.66. The Balaban J connectivity index is 1.82. The second-order valence-corrected chi connectivity index (χ2v) is 3.72. The third kappa shape index (κ3) is 2.73. The predicted molar refractivity (Wildman–Crippen MR) is 61.8 cm³/mol. The van der Waals surface area contributed by atoms with Crippen LogP contribution in [0.5, 0.6) is 0 Å². The molecular formula is C12H17N3O. The molecular weight excluding hydrogens is 202 g/mol. The maximum Gasteiger partial charge on any atom is 0.122 e. The van der Waals surface area contributed by atoms with E-state index in [0.717, 1.165) is 37.6 Å². The number of furan rings is 1. The molecule has 0 saturated heterocycles. The lowest BCUT2D eigenvalue weighted by atomic mass is 10.4. The van der Waals surface area contributed by atoms with Crippen molar-refractivity contribution < 1.29 is 4.42 Å². The topological polar surface area (TPSA) is 43.0 Å². The molecule has 4 heteroatoms. The average Bonchev–Trinajstić information content (AvgIpc) is 2.91. The molecule has 0 saturated carbocycles. The van der Waals surface area contributed by atoms with E-state index in [0.29, 0.717) is 0 Å². The van der Waals surface area contributed by atoms with Gasteiger partial charge in [-0.05, 0) is 18.6 Å². The molecule has 0 amide bonds. The summed E-state index contributed by atoms with van der Waals surface area (Å²) in [5.74, 6) is 2.03. The summed E-state index contributed by atoms with van der Waals surface area (Å²) >= 11 is 0. The van der Waals surface area contributed by atoms with E-state index in [1.807, 2.05) is 24.5 Å². The smallest absolute Gasteiger partial charge is 0.122 e. The van der Waals surface area contributed by atoms with Gasteiger partial charge in [-0.15, -0.1) is 0 Å². The van der Waals surface area contributed by atoms with Gasteiger partial charge in [0, 0.05) is 18.9 Å². The normalized spacial score (nSPS) is 10.8. The molecule has 4 nitrogen and oxygen atoms in total. The van der Waals surface area contributed by atoms with Crippen molar-refractivity contribution in [1.82, 2.24) is 14.9 Å². The van der Waals surface area contributed by atoms with Crippen LogP contribution >= 0.6 is 0 Å². The number of nitrogens with one attached hydrogen (secondary N) is 1. The van der Waals surface area contributed by atoms with Crippen molar-refractivity contribution in [1.29, 1.82) is 0 Å². The van der Waals surface area contributed by atoms with Crippen molar-refractivity contribution in [2.75, 3.05) is 0 Å². The van der Waals surface area contributed by atoms with Crippen LogP contribution in [0.3, 0.4) is 0 Å². The van der Waals surface area contributed by atoms with E-state index in [9.17, 15) is 0 Å². The average molecular weight is 219 g/mol. The van der Waals surface area contributed by atoms with Gasteiger partial charge < -0.3 is 14.3 Å². The first-order valence-electron chi connectivity index (χ1n) is 5.63. The van der Waals surface area contributed by atoms with Crippen molar-refractivity contribution in [3.05, 3.63) is 42.4 Å². The van der Waals surface area contributed by atoms with E-state index < -0.39 is 0 Å². The predicted octanol–water partition coefficient (Wildman–Crippen LogP) is 2.18. The second kappa shape index (κ2) is 5.51. The van der Waals surface area contributed by atoms with Crippen molar-refractivity contribution in [2.45, 2.75) is 33.0 Å². The number of hydrogen-bond acceptors (Lipinski definition) is 3. The lowest BCUT2D eigenvalue weighted by Crippen LogP contribution is -2.16. The maximum absolute atomic E-state index is 5.24. The van der Waals surface area contributed by atoms with Gasteiger partial charge in [0.05, 0.1) is 19.4 Å². The number of aromatic nitrogens is 2. The quantitative estimate of drug-likeness (QED) is 0.809. The molecule has 0 aliphatic carbocycles. The first-order chi connectivity index (χ1) is 7.90. The molecule has 0 aliphatic rings. The Morgan fingerprint density at radius 1 is 1.44 bits per heavy atom. The summed E-state index contributed by atoms with van der Waals surface area (Å²) < 4.78 is 7.42. The van der Waals surface area contributed by atoms with E-state index >= 15 is 0 Å². The van der Waals surface area contributed by atoms with Gasteiger partial charge in [-0.3, -0.25) is 0 Å². The zero-order chi connectivity index (χ0) is 11.2. The molecule has 16 heavy (non-hydrogen) atoms. The first kappa shape index (κ1) is 11.0. The van der Waals surface area contributed by atoms with Crippen LogP contribution in [0.4, 0.5) is 0 Å². The lowest BCUT2D eigenvalue weighted by Gasteiger charge is -2.06. The molecule has 0 aromatic carbocycles. The molecule has 1 N–H and O–H groups in total. The van der Waals surface area contributed by atoms with Gasteiger partial charge in [0.15, 0.2) is 0 Å². The standard InChI is InChI=1S/C12H17N3O/c1-2-6-15-7-5-14-12(15)10-13-9-11-4-3-8-16-11/h3-5,7-8,13H,2,6,9-10H2,1H3. The highest BCUT2D eigenvalue weighted by Gasteiger charge is 2.01. The molecule has 0 aliphatic heterocycles. The van der Waals surface area contributed by atoms with Crippen LogP contribution in [0.2, 0.25) is 0 Å². The summed E-state index contributed by atoms with van der Waals surface area (Å²) in [6.45, 7) is 4.71. The number of hydrogen-bond donors (Lipinski definition) is 1. The van der Waals surface area contributed by atoms with E-state index in [2.05, 4.69) is 21.8 Å². The molecule has 2 aromatic rings. The van der Waals surface area contributed by atoms with Crippen molar-refractivity contribution in [2.24, 2.45) is 0 Å². The van der Waals surface area contributed by atoms with Crippen LogP contribution in [0.15, 0.2) is 35.2 Å². The molecule has 0 unspecified atom stereocenters. The van der Waals surface area contributed by atoms with Crippen LogP contribution in [0.25, 0.3) is 0 Å². The van der Waals surface area contributed by atoms with E-state index in [4.69, 9.17) is 4.42 Å². The number of nitrogens with zero attached hydrogens (tertiary/aromatic N) is 2. The monoisotopic (exact) mass is 219 g/mol. The molecule has 0 bridgehead atoms. The van der Waals surface area contributed by atoms with Gasteiger partial charge in [0.25, 0.3) is 0 Å². The van der Waals surface area contributed by atoms with E-state index in [1.54, 1.807) is 6.26 Å². The summed E-state index contributed by atoms with van der Waals surface area (Å²) in [7, 11) is 0. The molecule has 2 rings (SSSR count). The SMILES string of the molecule is CCCn1ccnc1CNCc1ccco1. The third-order valence-electron chi connectivity index (χ3n) is 2.43. The van der Waals surface area contributed by atoms with Gasteiger partial charge in [0.2, 0.25) is 0 Å². The van der Waals surface area contributed by atoms with Crippen LogP contribution in [-0.2, 0) is 19.6 Å². The van der Waals surface area contributed by atoms with E-state index in [1.165, 1.54) is 0 Å². The molecule has 0 spiro atoms. The molecule has 86 valence electrons. The fraction of sp³-hybridized carbons (Fsp3) is 0.417. The number of imidazole rings is 1. The second-order valence-electron chi connectivity index (χ2n) is 3.72. The summed E-state index contributed by atoms with van der Waals surface area (Å²) in [5, 5.41) is 3.31. The van der Waals surface area contributed by atoms with Crippen molar-refractivity contribution in [3.63, 3.8) is 0 Å². The Morgan fingerprint density at radius 3 is 3.12 bits per heavy atom. The zero-order valence-corrected chi connectivity index (χ0v) is 9.52. The molecule has 2 aromatic heterocycles. The highest BCUT2D eigenvalue weighted by Crippen LogP contribution is 2.01. The summed E-state index contributed by atoms with van der Waals surface area (Å²) in [6.07, 6.45) is 6.68. The molecule has 0 radical (unpaired) electrons. The molecule has 0 fully saturated rings. The van der Waals surface area contributed by atoms with Gasteiger partial charge >= 0.3 is 0 Å². The Bertz CT molecular complexity index is 406. The van der Waals surface area contributed by atoms with E-state index in [-0.39, 0.29) is 0 Å². The van der Waals surface area contributed by atoms with Crippen LogP contribution < -0.4 is 5.32 Å². The van der Waals surface area contributed by atoms with Gasteiger partial charge in [-0.1, -0.05) is 6.92 Å². The summed E-state index contributed by atoms with van der Waals surface area (Å²) in [4.78, 5) is 4.32. The van der Waals surface area contributed by atoms with Crippen molar-refractivity contribution >= 4 is 0 Å². The van der Waals surface area contributed by atoms with Gasteiger partial charge in [-0.25, -0.2) is 4.98 Å². The zero-order valence-electron chi connectivity index (χ0n) is 9.52. The fourth-order valence-electron chi connectivity index (χ4n) is 1.66. The lowest BCUT2D eigenvalue weighted by molar-refractivity contribution is 0.476. The Labute approximate surface area is 95.3 Å². The Kier molecular flexibility index (Phi) is 3.77. The third-order valence-corrected chi connectivity index (χ3v) is 2.43. The first-order valence-corrected chi connectivity index (χ1v) is 5.63. The minimum absolute atomic E-state index is 0.742. The Morgan fingerprint density at radius 2 is 2.38 bits per heavy atom. The molecule has 0 atom stereocenters. The number of rotatable bonds is 6. The molecule has 2 heterocycles.